The molecule has 0 radical (unpaired) electrons. The average Bonchev–Trinajstić information content (AvgIpc) is 2.90. The van der Waals surface area contributed by atoms with E-state index in [2.05, 4.69) is 34.5 Å². The maximum absolute atomic E-state index is 11.7. The number of likely N-dealkylation sites (N-methyl/N-ethyl adjacent to an activating group) is 1. The predicted octanol–water partition coefficient (Wildman–Crippen LogP) is 1.41. The highest BCUT2D eigenvalue weighted by atomic mass is 16.5. The van der Waals surface area contributed by atoms with Gasteiger partial charge in [0.1, 0.15) is 6.10 Å². The van der Waals surface area contributed by atoms with Crippen molar-refractivity contribution in [2.45, 2.75) is 31.6 Å². The molecule has 1 aromatic carbocycles. The van der Waals surface area contributed by atoms with Gasteiger partial charge in [-0.3, -0.25) is 9.69 Å². The van der Waals surface area contributed by atoms with Crippen molar-refractivity contribution in [3.8, 4) is 0 Å². The molecule has 3 rings (SSSR count). The summed E-state index contributed by atoms with van der Waals surface area (Å²) in [7, 11) is 1.68. The van der Waals surface area contributed by atoms with Gasteiger partial charge in [0.05, 0.1) is 6.10 Å². The summed E-state index contributed by atoms with van der Waals surface area (Å²) >= 11 is 0. The summed E-state index contributed by atoms with van der Waals surface area (Å²) in [4.78, 5) is 14.1. The Morgan fingerprint density at radius 2 is 2.20 bits per heavy atom. The number of amides is 1. The number of rotatable bonds is 3. The molecule has 1 aromatic rings. The van der Waals surface area contributed by atoms with E-state index in [0.29, 0.717) is 5.92 Å². The lowest BCUT2D eigenvalue weighted by Gasteiger charge is -2.34. The Balaban J connectivity index is 1.57. The second-order valence-electron chi connectivity index (χ2n) is 5.78. The first-order chi connectivity index (χ1) is 9.76. The largest absolute Gasteiger partial charge is 0.364 e. The Hall–Kier alpha value is -1.39. The van der Waals surface area contributed by atoms with Crippen molar-refractivity contribution in [2.24, 2.45) is 5.92 Å². The molecule has 20 heavy (non-hydrogen) atoms. The van der Waals surface area contributed by atoms with Crippen molar-refractivity contribution >= 4 is 5.91 Å². The lowest BCUT2D eigenvalue weighted by Crippen LogP contribution is -2.42. The van der Waals surface area contributed by atoms with Gasteiger partial charge in [-0.25, -0.2) is 0 Å². The minimum atomic E-state index is -0.244. The van der Waals surface area contributed by atoms with Crippen LogP contribution < -0.4 is 5.32 Å². The molecule has 2 fully saturated rings. The molecule has 2 saturated heterocycles. The molecule has 0 aromatic heterocycles. The molecule has 0 bridgehead atoms. The monoisotopic (exact) mass is 274 g/mol. The molecule has 4 heteroatoms. The number of carbonyl (C=O) groups is 1. The number of nitrogens with one attached hydrogen (secondary N) is 1. The molecule has 2 aliphatic heterocycles. The van der Waals surface area contributed by atoms with Crippen molar-refractivity contribution in [2.75, 3.05) is 20.1 Å². The maximum atomic E-state index is 11.7. The van der Waals surface area contributed by atoms with Crippen LogP contribution in [0.25, 0.3) is 0 Å². The highest BCUT2D eigenvalue weighted by Gasteiger charge is 2.41. The fourth-order valence-electron chi connectivity index (χ4n) is 3.31. The summed E-state index contributed by atoms with van der Waals surface area (Å²) in [5.41, 5.74) is 1.34. The highest BCUT2D eigenvalue weighted by molar-refractivity contribution is 5.80. The van der Waals surface area contributed by atoms with Gasteiger partial charge in [0, 0.05) is 20.1 Å². The summed E-state index contributed by atoms with van der Waals surface area (Å²) in [5, 5.41) is 2.69. The van der Waals surface area contributed by atoms with Crippen LogP contribution in [0.15, 0.2) is 30.3 Å². The van der Waals surface area contributed by atoms with E-state index in [1.807, 2.05) is 6.07 Å². The van der Waals surface area contributed by atoms with E-state index in [1.54, 1.807) is 7.05 Å². The number of piperidine rings is 1. The number of nitrogens with zero attached hydrogens (tertiary/aromatic N) is 1. The van der Waals surface area contributed by atoms with E-state index in [9.17, 15) is 4.79 Å². The SMILES string of the molecule is CNC(=O)[C@@H]1C[C@H]2CCN(Cc3ccccc3)C[C@@H]2O1. The van der Waals surface area contributed by atoms with Gasteiger partial charge in [0.15, 0.2) is 0 Å². The van der Waals surface area contributed by atoms with E-state index in [4.69, 9.17) is 4.74 Å². The standard InChI is InChI=1S/C16H22N2O2/c1-17-16(19)14-9-13-7-8-18(11-15(13)20-14)10-12-5-3-2-4-6-12/h2-6,13-15H,7-11H2,1H3,(H,17,19)/t13-,14+,15+/m1/s1. The summed E-state index contributed by atoms with van der Waals surface area (Å²) < 4.78 is 5.93. The zero-order valence-electron chi connectivity index (χ0n) is 11.9. The van der Waals surface area contributed by atoms with E-state index < -0.39 is 0 Å². The molecule has 0 saturated carbocycles. The fraction of sp³-hybridized carbons (Fsp3) is 0.562. The second-order valence-corrected chi connectivity index (χ2v) is 5.78. The van der Waals surface area contributed by atoms with Gasteiger partial charge in [-0.05, 0) is 30.9 Å². The quantitative estimate of drug-likeness (QED) is 0.906. The van der Waals surface area contributed by atoms with Gasteiger partial charge in [-0.2, -0.15) is 0 Å². The normalized spacial score (nSPS) is 29.9. The summed E-state index contributed by atoms with van der Waals surface area (Å²) in [6, 6.07) is 10.5. The minimum Gasteiger partial charge on any atom is -0.364 e. The van der Waals surface area contributed by atoms with Crippen molar-refractivity contribution in [1.29, 1.82) is 0 Å². The van der Waals surface area contributed by atoms with Crippen LogP contribution in [0.1, 0.15) is 18.4 Å². The van der Waals surface area contributed by atoms with Crippen LogP contribution in [0, 0.1) is 5.92 Å². The Labute approximate surface area is 120 Å². The lowest BCUT2D eigenvalue weighted by molar-refractivity contribution is -0.132. The number of hydrogen-bond acceptors (Lipinski definition) is 3. The number of likely N-dealkylation sites (tertiary alicyclic amines) is 1. The first kappa shape index (κ1) is 13.6. The molecule has 0 unspecified atom stereocenters. The highest BCUT2D eigenvalue weighted by Crippen LogP contribution is 2.33. The number of benzene rings is 1. The molecule has 108 valence electrons. The lowest BCUT2D eigenvalue weighted by atomic mass is 9.91. The molecular weight excluding hydrogens is 252 g/mol. The van der Waals surface area contributed by atoms with Gasteiger partial charge < -0.3 is 10.1 Å². The molecule has 3 atom stereocenters. The number of hydrogen-bond donors (Lipinski definition) is 1. The van der Waals surface area contributed by atoms with Crippen LogP contribution in [-0.2, 0) is 16.1 Å². The second kappa shape index (κ2) is 5.94. The van der Waals surface area contributed by atoms with Crippen molar-refractivity contribution in [3.05, 3.63) is 35.9 Å². The topological polar surface area (TPSA) is 41.6 Å². The van der Waals surface area contributed by atoms with E-state index in [-0.39, 0.29) is 18.1 Å². The molecule has 4 nitrogen and oxygen atoms in total. The van der Waals surface area contributed by atoms with Crippen LogP contribution in [0.3, 0.4) is 0 Å². The summed E-state index contributed by atoms with van der Waals surface area (Å²) in [5.74, 6) is 0.568. The smallest absolute Gasteiger partial charge is 0.248 e. The van der Waals surface area contributed by atoms with Gasteiger partial charge in [0.25, 0.3) is 0 Å². The predicted molar refractivity (Wildman–Crippen MR) is 77.2 cm³/mol. The molecule has 2 heterocycles. The Bertz CT molecular complexity index is 463. The first-order valence-electron chi connectivity index (χ1n) is 7.39. The van der Waals surface area contributed by atoms with Gasteiger partial charge in [-0.1, -0.05) is 30.3 Å². The van der Waals surface area contributed by atoms with E-state index in [1.165, 1.54) is 5.56 Å². The Kier molecular flexibility index (Phi) is 4.03. The fourth-order valence-corrected chi connectivity index (χ4v) is 3.31. The summed E-state index contributed by atoms with van der Waals surface area (Å²) in [6.45, 7) is 3.00. The van der Waals surface area contributed by atoms with Crippen molar-refractivity contribution in [3.63, 3.8) is 0 Å². The van der Waals surface area contributed by atoms with Crippen LogP contribution in [-0.4, -0.2) is 43.2 Å². The Morgan fingerprint density at radius 3 is 2.95 bits per heavy atom. The molecule has 1 N–H and O–H groups in total. The zero-order valence-corrected chi connectivity index (χ0v) is 11.9. The van der Waals surface area contributed by atoms with Gasteiger partial charge >= 0.3 is 0 Å². The zero-order chi connectivity index (χ0) is 13.9. The number of ether oxygens (including phenoxy) is 1. The molecule has 1 amide bonds. The Morgan fingerprint density at radius 1 is 1.40 bits per heavy atom. The molecule has 0 spiro atoms. The minimum absolute atomic E-state index is 0.0222. The third kappa shape index (κ3) is 2.86. The number of fused-ring (bicyclic) bond motifs is 1. The van der Waals surface area contributed by atoms with Crippen LogP contribution in [0.5, 0.6) is 0 Å². The third-order valence-electron chi connectivity index (χ3n) is 4.42. The molecule has 2 aliphatic rings. The van der Waals surface area contributed by atoms with Gasteiger partial charge in [0.2, 0.25) is 5.91 Å². The molecule has 0 aliphatic carbocycles. The average molecular weight is 274 g/mol. The third-order valence-corrected chi connectivity index (χ3v) is 4.42. The van der Waals surface area contributed by atoms with Crippen molar-refractivity contribution in [1.82, 2.24) is 10.2 Å². The maximum Gasteiger partial charge on any atom is 0.248 e. The van der Waals surface area contributed by atoms with Crippen LogP contribution >= 0.6 is 0 Å². The van der Waals surface area contributed by atoms with E-state index >= 15 is 0 Å². The number of carbonyl (C=O) groups excluding carboxylic acids is 1. The van der Waals surface area contributed by atoms with E-state index in [0.717, 1.165) is 32.5 Å². The van der Waals surface area contributed by atoms with Crippen molar-refractivity contribution < 1.29 is 9.53 Å². The van der Waals surface area contributed by atoms with Crippen LogP contribution in [0.4, 0.5) is 0 Å². The first-order valence-corrected chi connectivity index (χ1v) is 7.39. The van der Waals surface area contributed by atoms with Gasteiger partial charge in [-0.15, -0.1) is 0 Å². The van der Waals surface area contributed by atoms with Crippen LogP contribution in [0.2, 0.25) is 0 Å². The summed E-state index contributed by atoms with van der Waals surface area (Å²) in [6.07, 6.45) is 1.98. The molecular formula is C16H22N2O2.